The van der Waals surface area contributed by atoms with Gasteiger partial charge in [0.25, 0.3) is 0 Å². The Morgan fingerprint density at radius 1 is 1.42 bits per heavy atom. The second kappa shape index (κ2) is 6.90. The summed E-state index contributed by atoms with van der Waals surface area (Å²) in [4.78, 5) is 12.1. The maximum Gasteiger partial charge on any atom is 0.319 e. The fourth-order valence-corrected chi connectivity index (χ4v) is 2.50. The normalized spacial score (nSPS) is 13.8. The fourth-order valence-electron chi connectivity index (χ4n) is 2.50. The first-order valence-corrected chi connectivity index (χ1v) is 8.23. The monoisotopic (exact) mass is 329 g/mol. The molecule has 1 aromatic heterocycles. The largest absolute Gasteiger partial charge is 0.491 e. The zero-order chi connectivity index (χ0) is 17.1. The molecule has 1 saturated carbocycles. The second-order valence-corrected chi connectivity index (χ2v) is 6.34. The summed E-state index contributed by atoms with van der Waals surface area (Å²) in [6.07, 6.45) is 4.15. The molecule has 128 valence electrons. The molecule has 0 atom stereocenters. The van der Waals surface area contributed by atoms with Crippen molar-refractivity contribution in [2.24, 2.45) is 0 Å². The number of nitrogens with one attached hydrogen (secondary N) is 2. The molecule has 0 bridgehead atoms. The number of carbonyl (C=O) groups excluding carboxylic acids is 1. The molecule has 7 heteroatoms. The molecule has 0 unspecified atom stereocenters. The van der Waals surface area contributed by atoms with E-state index >= 15 is 0 Å². The molecule has 7 nitrogen and oxygen atoms in total. The standard InChI is InChI=1S/C17H23N5O2/c1-11(2)24-15-7-4-13(8-12(15)3)20-17(23)18-9-16-21-19-10-22(16)14-5-6-14/h4,7-8,10-11,14H,5-6,9H2,1-3H3,(H2,18,20,23). The number of rotatable bonds is 6. The molecule has 1 fully saturated rings. The van der Waals surface area contributed by atoms with Crippen molar-refractivity contribution in [3.8, 4) is 5.75 Å². The minimum atomic E-state index is -0.266. The lowest BCUT2D eigenvalue weighted by Crippen LogP contribution is -2.29. The molecule has 2 N–H and O–H groups in total. The van der Waals surface area contributed by atoms with E-state index in [0.717, 1.165) is 35.7 Å². The van der Waals surface area contributed by atoms with E-state index in [1.807, 2.05) is 43.5 Å². The Hall–Kier alpha value is -2.57. The lowest BCUT2D eigenvalue weighted by molar-refractivity contribution is 0.240. The first-order chi connectivity index (χ1) is 11.5. The minimum absolute atomic E-state index is 0.120. The molecule has 1 aliphatic carbocycles. The van der Waals surface area contributed by atoms with Crippen molar-refractivity contribution < 1.29 is 9.53 Å². The van der Waals surface area contributed by atoms with Gasteiger partial charge in [0, 0.05) is 11.7 Å². The molecule has 0 aliphatic heterocycles. The second-order valence-electron chi connectivity index (χ2n) is 6.34. The summed E-state index contributed by atoms with van der Waals surface area (Å²) in [6.45, 7) is 6.29. The smallest absolute Gasteiger partial charge is 0.319 e. The Labute approximate surface area is 141 Å². The number of carbonyl (C=O) groups is 1. The number of aromatic nitrogens is 3. The molecule has 1 aliphatic rings. The molecule has 2 amide bonds. The van der Waals surface area contributed by atoms with Crippen molar-refractivity contribution in [1.29, 1.82) is 0 Å². The van der Waals surface area contributed by atoms with E-state index in [0.29, 0.717) is 12.6 Å². The SMILES string of the molecule is Cc1cc(NC(=O)NCc2nncn2C2CC2)ccc1OC(C)C. The van der Waals surface area contributed by atoms with E-state index in [4.69, 9.17) is 4.74 Å². The highest BCUT2D eigenvalue weighted by Crippen LogP contribution is 2.35. The summed E-state index contributed by atoms with van der Waals surface area (Å²) >= 11 is 0. The highest BCUT2D eigenvalue weighted by Gasteiger charge is 2.26. The third-order valence-electron chi connectivity index (χ3n) is 3.79. The lowest BCUT2D eigenvalue weighted by atomic mass is 10.2. The highest BCUT2D eigenvalue weighted by molar-refractivity contribution is 5.89. The van der Waals surface area contributed by atoms with Gasteiger partial charge in [-0.25, -0.2) is 4.79 Å². The Kier molecular flexibility index (Phi) is 4.69. The van der Waals surface area contributed by atoms with Crippen LogP contribution in [0.3, 0.4) is 0 Å². The first kappa shape index (κ1) is 16.3. The number of amides is 2. The Morgan fingerprint density at radius 2 is 2.21 bits per heavy atom. The van der Waals surface area contributed by atoms with Crippen molar-refractivity contribution in [1.82, 2.24) is 20.1 Å². The van der Waals surface area contributed by atoms with Gasteiger partial charge >= 0.3 is 6.03 Å². The highest BCUT2D eigenvalue weighted by atomic mass is 16.5. The van der Waals surface area contributed by atoms with Crippen LogP contribution in [0.5, 0.6) is 5.75 Å². The number of anilines is 1. The van der Waals surface area contributed by atoms with E-state index in [2.05, 4.69) is 20.8 Å². The number of ether oxygens (including phenoxy) is 1. The number of aryl methyl sites for hydroxylation is 1. The number of hydrogen-bond donors (Lipinski definition) is 2. The summed E-state index contributed by atoms with van der Waals surface area (Å²) < 4.78 is 7.73. The first-order valence-electron chi connectivity index (χ1n) is 8.23. The van der Waals surface area contributed by atoms with Crippen LogP contribution in [0.2, 0.25) is 0 Å². The fraction of sp³-hybridized carbons (Fsp3) is 0.471. The molecule has 1 aromatic carbocycles. The number of nitrogens with zero attached hydrogens (tertiary/aromatic N) is 3. The summed E-state index contributed by atoms with van der Waals surface area (Å²) in [5.41, 5.74) is 1.71. The Morgan fingerprint density at radius 3 is 2.88 bits per heavy atom. The topological polar surface area (TPSA) is 81.1 Å². The van der Waals surface area contributed by atoms with Gasteiger partial charge in [0.2, 0.25) is 0 Å². The van der Waals surface area contributed by atoms with Crippen molar-refractivity contribution in [2.75, 3.05) is 5.32 Å². The zero-order valence-electron chi connectivity index (χ0n) is 14.2. The molecular weight excluding hydrogens is 306 g/mol. The summed E-state index contributed by atoms with van der Waals surface area (Å²) in [6, 6.07) is 5.82. The summed E-state index contributed by atoms with van der Waals surface area (Å²) in [7, 11) is 0. The average molecular weight is 329 g/mol. The van der Waals surface area contributed by atoms with Gasteiger partial charge in [-0.1, -0.05) is 0 Å². The van der Waals surface area contributed by atoms with Crippen LogP contribution in [-0.4, -0.2) is 26.9 Å². The van der Waals surface area contributed by atoms with Crippen LogP contribution in [0.15, 0.2) is 24.5 Å². The Bertz CT molecular complexity index is 722. The summed E-state index contributed by atoms with van der Waals surface area (Å²) in [5, 5.41) is 13.6. The van der Waals surface area contributed by atoms with Crippen molar-refractivity contribution in [3.05, 3.63) is 35.9 Å². The predicted octanol–water partition coefficient (Wildman–Crippen LogP) is 3.03. The van der Waals surface area contributed by atoms with Gasteiger partial charge < -0.3 is 19.9 Å². The van der Waals surface area contributed by atoms with Crippen molar-refractivity contribution >= 4 is 11.7 Å². The minimum Gasteiger partial charge on any atom is -0.491 e. The van der Waals surface area contributed by atoms with Crippen molar-refractivity contribution in [2.45, 2.75) is 52.3 Å². The molecule has 0 spiro atoms. The van der Waals surface area contributed by atoms with E-state index in [1.54, 1.807) is 6.33 Å². The van der Waals surface area contributed by atoms with Crippen LogP contribution < -0.4 is 15.4 Å². The third-order valence-corrected chi connectivity index (χ3v) is 3.79. The van der Waals surface area contributed by atoms with Gasteiger partial charge in [-0.05, 0) is 57.4 Å². The predicted molar refractivity (Wildman–Crippen MR) is 91.1 cm³/mol. The van der Waals surface area contributed by atoms with Crippen LogP contribution in [0.1, 0.15) is 44.1 Å². The molecule has 0 saturated heterocycles. The number of benzene rings is 1. The van der Waals surface area contributed by atoms with Crippen LogP contribution in [0.25, 0.3) is 0 Å². The van der Waals surface area contributed by atoms with Crippen LogP contribution in [-0.2, 0) is 6.54 Å². The van der Waals surface area contributed by atoms with Crippen LogP contribution >= 0.6 is 0 Å². The average Bonchev–Trinajstić information content (AvgIpc) is 3.26. The Balaban J connectivity index is 1.54. The lowest BCUT2D eigenvalue weighted by Gasteiger charge is -2.14. The maximum atomic E-state index is 12.1. The summed E-state index contributed by atoms with van der Waals surface area (Å²) in [5.74, 6) is 1.61. The van der Waals surface area contributed by atoms with Crippen molar-refractivity contribution in [3.63, 3.8) is 0 Å². The third kappa shape index (κ3) is 4.04. The van der Waals surface area contributed by atoms with Gasteiger partial charge in [0.1, 0.15) is 12.1 Å². The molecule has 24 heavy (non-hydrogen) atoms. The van der Waals surface area contributed by atoms with Gasteiger partial charge in [-0.15, -0.1) is 10.2 Å². The van der Waals surface area contributed by atoms with Gasteiger partial charge in [-0.3, -0.25) is 0 Å². The molecule has 3 rings (SSSR count). The molecular formula is C17H23N5O2. The molecule has 1 heterocycles. The van der Waals surface area contributed by atoms with Gasteiger partial charge in [0.05, 0.1) is 12.6 Å². The van der Waals surface area contributed by atoms with E-state index in [9.17, 15) is 4.79 Å². The van der Waals surface area contributed by atoms with E-state index in [-0.39, 0.29) is 12.1 Å². The van der Waals surface area contributed by atoms with Crippen LogP contribution in [0.4, 0.5) is 10.5 Å². The van der Waals surface area contributed by atoms with Crippen LogP contribution in [0, 0.1) is 6.92 Å². The molecule has 0 radical (unpaired) electrons. The van der Waals surface area contributed by atoms with Gasteiger partial charge in [-0.2, -0.15) is 0 Å². The zero-order valence-corrected chi connectivity index (χ0v) is 14.2. The van der Waals surface area contributed by atoms with Gasteiger partial charge in [0.15, 0.2) is 5.82 Å². The van der Waals surface area contributed by atoms with E-state index < -0.39 is 0 Å². The number of hydrogen-bond acceptors (Lipinski definition) is 4. The quantitative estimate of drug-likeness (QED) is 0.853. The molecule has 2 aromatic rings. The van der Waals surface area contributed by atoms with E-state index in [1.165, 1.54) is 0 Å². The number of urea groups is 1. The maximum absolute atomic E-state index is 12.1.